The molecule has 3 rings (SSSR count). The van der Waals surface area contributed by atoms with Crippen molar-refractivity contribution in [3.8, 4) is 0 Å². The third-order valence-corrected chi connectivity index (χ3v) is 4.57. The van der Waals surface area contributed by atoms with Gasteiger partial charge in [0.25, 0.3) is 5.91 Å². The number of hydrogen-bond donors (Lipinski definition) is 1. The van der Waals surface area contributed by atoms with Gasteiger partial charge < -0.3 is 10.0 Å². The maximum Gasteiger partial charge on any atom is 0.416 e. The minimum absolute atomic E-state index is 0.119. The van der Waals surface area contributed by atoms with E-state index in [0.29, 0.717) is 11.3 Å². The Balaban J connectivity index is 1.99. The van der Waals surface area contributed by atoms with Crippen molar-refractivity contribution < 1.29 is 27.9 Å². The molecule has 136 valence electrons. The molecule has 0 radical (unpaired) electrons. The quantitative estimate of drug-likeness (QED) is 0.865. The summed E-state index contributed by atoms with van der Waals surface area (Å²) in [5.74, 6) is -2.15. The highest BCUT2D eigenvalue weighted by atomic mass is 19.4. The summed E-state index contributed by atoms with van der Waals surface area (Å²) in [6.45, 7) is 1.73. The van der Waals surface area contributed by atoms with Crippen molar-refractivity contribution in [1.82, 2.24) is 0 Å². The van der Waals surface area contributed by atoms with Gasteiger partial charge in [-0.15, -0.1) is 0 Å². The Morgan fingerprint density at radius 3 is 2.27 bits per heavy atom. The standard InChI is InChI=1S/C19H16F3NO3/c1-11-10-15(18(25)26)14-4-2-3-5-16(14)23(11)17(24)12-6-8-13(9-7-12)19(20,21)22/h2-9,11,15H,10H2,1H3,(H,25,26)/t11-,15?/m0/s1. The molecule has 0 aliphatic carbocycles. The van der Waals surface area contributed by atoms with Crippen LogP contribution in [0.1, 0.15) is 40.7 Å². The van der Waals surface area contributed by atoms with E-state index in [1.54, 1.807) is 31.2 Å². The van der Waals surface area contributed by atoms with Gasteiger partial charge in [-0.3, -0.25) is 9.59 Å². The lowest BCUT2D eigenvalue weighted by molar-refractivity contribution is -0.139. The van der Waals surface area contributed by atoms with Crippen LogP contribution in [0.2, 0.25) is 0 Å². The van der Waals surface area contributed by atoms with Gasteiger partial charge in [0, 0.05) is 17.3 Å². The molecule has 0 saturated heterocycles. The average molecular weight is 363 g/mol. The molecule has 2 aromatic carbocycles. The number of hydrogen-bond acceptors (Lipinski definition) is 2. The summed E-state index contributed by atoms with van der Waals surface area (Å²) in [6, 6.07) is 10.3. The first-order valence-corrected chi connectivity index (χ1v) is 8.02. The molecular weight excluding hydrogens is 347 g/mol. The van der Waals surface area contributed by atoms with Crippen molar-refractivity contribution in [2.45, 2.75) is 31.5 Å². The van der Waals surface area contributed by atoms with Crippen LogP contribution in [-0.2, 0) is 11.0 Å². The Labute approximate surface area is 147 Å². The van der Waals surface area contributed by atoms with Crippen molar-refractivity contribution in [2.75, 3.05) is 4.90 Å². The Morgan fingerprint density at radius 1 is 1.08 bits per heavy atom. The molecule has 4 nitrogen and oxygen atoms in total. The van der Waals surface area contributed by atoms with Crippen LogP contribution in [0.15, 0.2) is 48.5 Å². The number of carboxylic acid groups (broad SMARTS) is 1. The molecule has 0 fully saturated rings. The first kappa shape index (κ1) is 18.0. The molecule has 0 spiro atoms. The van der Waals surface area contributed by atoms with E-state index in [2.05, 4.69) is 0 Å². The fourth-order valence-corrected chi connectivity index (χ4v) is 3.30. The fraction of sp³-hybridized carbons (Fsp3) is 0.263. The largest absolute Gasteiger partial charge is 0.481 e. The van der Waals surface area contributed by atoms with Crippen molar-refractivity contribution in [1.29, 1.82) is 0 Å². The number of para-hydroxylation sites is 1. The number of amides is 1. The van der Waals surface area contributed by atoms with E-state index in [1.807, 2.05) is 0 Å². The van der Waals surface area contributed by atoms with Gasteiger partial charge in [-0.1, -0.05) is 18.2 Å². The van der Waals surface area contributed by atoms with Gasteiger partial charge in [-0.05, 0) is 49.2 Å². The second-order valence-corrected chi connectivity index (χ2v) is 6.28. The molecule has 1 amide bonds. The van der Waals surface area contributed by atoms with E-state index in [9.17, 15) is 27.9 Å². The fourth-order valence-electron chi connectivity index (χ4n) is 3.30. The maximum atomic E-state index is 12.9. The van der Waals surface area contributed by atoms with Crippen molar-refractivity contribution in [3.05, 3.63) is 65.2 Å². The topological polar surface area (TPSA) is 57.6 Å². The van der Waals surface area contributed by atoms with Crippen LogP contribution in [0.3, 0.4) is 0 Å². The summed E-state index contributed by atoms with van der Waals surface area (Å²) < 4.78 is 38.1. The highest BCUT2D eigenvalue weighted by Gasteiger charge is 2.37. The van der Waals surface area contributed by atoms with Crippen molar-refractivity contribution >= 4 is 17.6 Å². The summed E-state index contributed by atoms with van der Waals surface area (Å²) in [7, 11) is 0. The van der Waals surface area contributed by atoms with E-state index < -0.39 is 35.6 Å². The normalized spacial score (nSPS) is 19.8. The van der Waals surface area contributed by atoms with Crippen LogP contribution in [0, 0.1) is 0 Å². The van der Waals surface area contributed by atoms with Crippen LogP contribution in [-0.4, -0.2) is 23.0 Å². The number of carbonyl (C=O) groups excluding carboxylic acids is 1. The average Bonchev–Trinajstić information content (AvgIpc) is 2.59. The van der Waals surface area contributed by atoms with Gasteiger partial charge in [-0.25, -0.2) is 0 Å². The summed E-state index contributed by atoms with van der Waals surface area (Å²) >= 11 is 0. The van der Waals surface area contributed by atoms with E-state index in [-0.39, 0.29) is 12.0 Å². The van der Waals surface area contributed by atoms with Gasteiger partial charge in [0.15, 0.2) is 0 Å². The number of nitrogens with zero attached hydrogens (tertiary/aromatic N) is 1. The second-order valence-electron chi connectivity index (χ2n) is 6.28. The summed E-state index contributed by atoms with van der Waals surface area (Å²) in [5, 5.41) is 9.44. The summed E-state index contributed by atoms with van der Waals surface area (Å²) in [5.41, 5.74) is 0.294. The first-order valence-electron chi connectivity index (χ1n) is 8.02. The zero-order valence-corrected chi connectivity index (χ0v) is 13.8. The molecule has 1 heterocycles. The van der Waals surface area contributed by atoms with Gasteiger partial charge in [0.05, 0.1) is 11.5 Å². The van der Waals surface area contributed by atoms with Crippen LogP contribution in [0.25, 0.3) is 0 Å². The molecule has 0 saturated carbocycles. The Hall–Kier alpha value is -2.83. The van der Waals surface area contributed by atoms with Crippen molar-refractivity contribution in [3.63, 3.8) is 0 Å². The van der Waals surface area contributed by atoms with Crippen LogP contribution < -0.4 is 4.90 Å². The summed E-state index contributed by atoms with van der Waals surface area (Å²) in [4.78, 5) is 25.9. The van der Waals surface area contributed by atoms with Gasteiger partial charge >= 0.3 is 12.1 Å². The van der Waals surface area contributed by atoms with E-state index in [4.69, 9.17) is 0 Å². The molecule has 2 atom stereocenters. The van der Waals surface area contributed by atoms with Gasteiger partial charge in [-0.2, -0.15) is 13.2 Å². The lowest BCUT2D eigenvalue weighted by Gasteiger charge is -2.38. The molecular formula is C19H16F3NO3. The molecule has 1 unspecified atom stereocenters. The zero-order chi connectivity index (χ0) is 19.1. The number of benzene rings is 2. The van der Waals surface area contributed by atoms with Crippen molar-refractivity contribution in [2.24, 2.45) is 0 Å². The number of anilines is 1. The van der Waals surface area contributed by atoms with Crippen LogP contribution in [0.5, 0.6) is 0 Å². The van der Waals surface area contributed by atoms with Crippen LogP contribution in [0.4, 0.5) is 18.9 Å². The van der Waals surface area contributed by atoms with Gasteiger partial charge in [0.1, 0.15) is 0 Å². The SMILES string of the molecule is C[C@H]1CC(C(=O)O)c2ccccc2N1C(=O)c1ccc(C(F)(F)F)cc1. The highest BCUT2D eigenvalue weighted by molar-refractivity contribution is 6.07. The number of alkyl halides is 3. The van der Waals surface area contributed by atoms with E-state index in [1.165, 1.54) is 4.90 Å². The number of fused-ring (bicyclic) bond motifs is 1. The number of carbonyl (C=O) groups is 2. The minimum atomic E-state index is -4.47. The predicted octanol–water partition coefficient (Wildman–Crippen LogP) is 4.31. The zero-order valence-electron chi connectivity index (χ0n) is 13.8. The predicted molar refractivity (Wildman–Crippen MR) is 89.2 cm³/mol. The lowest BCUT2D eigenvalue weighted by Crippen LogP contribution is -2.44. The first-order chi connectivity index (χ1) is 12.2. The third-order valence-electron chi connectivity index (χ3n) is 4.57. The van der Waals surface area contributed by atoms with Crippen LogP contribution >= 0.6 is 0 Å². The number of halogens is 3. The van der Waals surface area contributed by atoms with E-state index in [0.717, 1.165) is 24.3 Å². The lowest BCUT2D eigenvalue weighted by atomic mass is 9.85. The number of aliphatic carboxylic acids is 1. The summed E-state index contributed by atoms with van der Waals surface area (Å²) in [6.07, 6.45) is -4.24. The second kappa shape index (κ2) is 6.48. The molecule has 1 N–H and O–H groups in total. The Kier molecular flexibility index (Phi) is 4.48. The molecule has 26 heavy (non-hydrogen) atoms. The maximum absolute atomic E-state index is 12.9. The Bertz CT molecular complexity index is 846. The molecule has 1 aliphatic heterocycles. The molecule has 2 aromatic rings. The molecule has 0 aromatic heterocycles. The number of carboxylic acids is 1. The number of rotatable bonds is 2. The highest BCUT2D eigenvalue weighted by Crippen LogP contribution is 2.39. The smallest absolute Gasteiger partial charge is 0.416 e. The molecule has 7 heteroatoms. The minimum Gasteiger partial charge on any atom is -0.481 e. The molecule has 0 bridgehead atoms. The third kappa shape index (κ3) is 3.16. The van der Waals surface area contributed by atoms with Gasteiger partial charge in [0.2, 0.25) is 0 Å². The molecule has 1 aliphatic rings. The monoisotopic (exact) mass is 363 g/mol. The Morgan fingerprint density at radius 2 is 1.69 bits per heavy atom. The van der Waals surface area contributed by atoms with E-state index >= 15 is 0 Å².